The molecule has 2 heterocycles. The summed E-state index contributed by atoms with van der Waals surface area (Å²) in [5, 5.41) is 2.32. The van der Waals surface area contributed by atoms with E-state index in [1.54, 1.807) is 6.20 Å². The van der Waals surface area contributed by atoms with Gasteiger partial charge in [-0.1, -0.05) is 12.1 Å². The smallest absolute Gasteiger partial charge is 0.0897 e. The van der Waals surface area contributed by atoms with Crippen LogP contribution in [-0.2, 0) is 6.42 Å². The molecule has 0 aliphatic heterocycles. The molecule has 3 aromatic rings. The lowest BCUT2D eigenvalue weighted by Gasteiger charge is -1.99. The van der Waals surface area contributed by atoms with Crippen LogP contribution in [-0.4, -0.2) is 16.6 Å². The Bertz CT molecular complexity index is 657. The third-order valence-corrected chi connectivity index (χ3v) is 3.06. The first-order valence-electron chi connectivity index (χ1n) is 5.79. The highest BCUT2D eigenvalue weighted by Crippen LogP contribution is 2.25. The molecule has 3 rings (SSSR count). The fraction of sp³-hybridized carbons (Fsp3) is 0.214. The zero-order valence-electron chi connectivity index (χ0n) is 9.41. The summed E-state index contributed by atoms with van der Waals surface area (Å²) < 4.78 is 12.1. The molecule has 2 nitrogen and oxygen atoms in total. The Kier molecular flexibility index (Phi) is 2.52. The Balaban J connectivity index is 2.13. The van der Waals surface area contributed by atoms with E-state index < -0.39 is 0 Å². The summed E-state index contributed by atoms with van der Waals surface area (Å²) in [5.41, 5.74) is 3.37. The highest BCUT2D eigenvalue weighted by atomic mass is 18.2. The largest absolute Gasteiger partial charge is 0.354 e. The highest BCUT2D eigenvalue weighted by molar-refractivity contribution is 6.06. The molecular weight excluding hydrogens is 214 g/mol. The van der Waals surface area contributed by atoms with Gasteiger partial charge >= 0.3 is 0 Å². The molecule has 0 saturated carbocycles. The number of fused-ring (bicyclic) bond motifs is 3. The van der Waals surface area contributed by atoms with E-state index in [0.717, 1.165) is 22.8 Å². The monoisotopic (exact) mass is 227 g/mol. The van der Waals surface area contributed by atoms with Gasteiger partial charge in [0.2, 0.25) is 0 Å². The quantitative estimate of drug-likeness (QED) is 0.727. The molecule has 0 spiro atoms. The number of aryl methyl sites for hydroxylation is 1. The fourth-order valence-electron chi connectivity index (χ4n) is 2.22. The molecule has 0 atom stereocenters. The van der Waals surface area contributed by atoms with Gasteiger partial charge in [0, 0.05) is 34.2 Å². The SMILES string of the molecule is [18F]CCCc1ccc2c(c1)[nH]c1ccncc12. The van der Waals surface area contributed by atoms with Crippen LogP contribution in [0.1, 0.15) is 12.0 Å². The van der Waals surface area contributed by atoms with E-state index in [4.69, 9.17) is 0 Å². The third-order valence-electron chi connectivity index (χ3n) is 3.06. The van der Waals surface area contributed by atoms with Crippen LogP contribution < -0.4 is 0 Å². The van der Waals surface area contributed by atoms with E-state index in [9.17, 15) is 4.39 Å². The van der Waals surface area contributed by atoms with E-state index in [2.05, 4.69) is 28.2 Å². The van der Waals surface area contributed by atoms with Crippen molar-refractivity contribution in [1.82, 2.24) is 9.97 Å². The predicted octanol–water partition coefficient (Wildman–Crippen LogP) is 3.62. The molecule has 0 saturated heterocycles. The maximum Gasteiger partial charge on any atom is 0.0897 e. The number of halogens is 1. The van der Waals surface area contributed by atoms with E-state index in [1.807, 2.05) is 12.3 Å². The van der Waals surface area contributed by atoms with Gasteiger partial charge in [-0.05, 0) is 30.5 Å². The van der Waals surface area contributed by atoms with Crippen LogP contribution in [0.2, 0.25) is 0 Å². The number of hydrogen-bond donors (Lipinski definition) is 1. The number of H-pyrrole nitrogens is 1. The molecule has 2 aromatic heterocycles. The summed E-state index contributed by atoms with van der Waals surface area (Å²) in [6.07, 6.45) is 5.03. The number of benzene rings is 1. The summed E-state index contributed by atoms with van der Waals surface area (Å²) in [7, 11) is 0. The first-order valence-corrected chi connectivity index (χ1v) is 5.79. The van der Waals surface area contributed by atoms with Crippen molar-refractivity contribution in [2.45, 2.75) is 12.8 Å². The lowest BCUT2D eigenvalue weighted by atomic mass is 10.1. The summed E-state index contributed by atoms with van der Waals surface area (Å²) in [4.78, 5) is 7.50. The maximum absolute atomic E-state index is 12.1. The normalized spacial score (nSPS) is 11.4. The molecule has 1 aromatic carbocycles. The number of nitrogens with zero attached hydrogens (tertiary/aromatic N) is 1. The molecule has 17 heavy (non-hydrogen) atoms. The number of pyridine rings is 1. The molecule has 1 N–H and O–H groups in total. The zero-order chi connectivity index (χ0) is 11.7. The zero-order valence-corrected chi connectivity index (χ0v) is 9.41. The average molecular weight is 227 g/mol. The molecule has 86 valence electrons. The van der Waals surface area contributed by atoms with Crippen LogP contribution in [0.5, 0.6) is 0 Å². The van der Waals surface area contributed by atoms with Gasteiger partial charge in [-0.3, -0.25) is 9.37 Å². The molecule has 3 heteroatoms. The van der Waals surface area contributed by atoms with Crippen LogP contribution in [0.4, 0.5) is 4.39 Å². The highest BCUT2D eigenvalue weighted by Gasteiger charge is 2.04. The Morgan fingerprint density at radius 1 is 1.12 bits per heavy atom. The second-order valence-electron chi connectivity index (χ2n) is 4.22. The predicted molar refractivity (Wildman–Crippen MR) is 67.9 cm³/mol. The van der Waals surface area contributed by atoms with Crippen molar-refractivity contribution >= 4 is 21.8 Å². The van der Waals surface area contributed by atoms with Crippen molar-refractivity contribution in [2.24, 2.45) is 0 Å². The Morgan fingerprint density at radius 3 is 2.94 bits per heavy atom. The standard InChI is InChI=1S/C14H13FN2/c15-6-1-2-10-3-4-11-12-9-16-7-5-13(12)17-14(11)8-10/h3-5,7-9,17H,1-2,6H2/i15-1. The minimum Gasteiger partial charge on any atom is -0.354 e. The average Bonchev–Trinajstić information content (AvgIpc) is 2.74. The summed E-state index contributed by atoms with van der Waals surface area (Å²) >= 11 is 0. The van der Waals surface area contributed by atoms with Gasteiger partial charge in [-0.2, -0.15) is 0 Å². The second-order valence-corrected chi connectivity index (χ2v) is 4.22. The topological polar surface area (TPSA) is 28.7 Å². The maximum atomic E-state index is 12.1. The van der Waals surface area contributed by atoms with Gasteiger partial charge in [0.15, 0.2) is 0 Å². The molecule has 0 unspecified atom stereocenters. The lowest BCUT2D eigenvalue weighted by molar-refractivity contribution is 0.473. The summed E-state index contributed by atoms with van der Waals surface area (Å²) in [6, 6.07) is 8.23. The minimum atomic E-state index is -0.255. The first kappa shape index (κ1) is 10.3. The number of nitrogens with one attached hydrogen (secondary N) is 1. The molecule has 0 radical (unpaired) electrons. The number of hydrogen-bond acceptors (Lipinski definition) is 1. The molecule has 0 bridgehead atoms. The van der Waals surface area contributed by atoms with Crippen LogP contribution in [0.3, 0.4) is 0 Å². The Hall–Kier alpha value is -1.90. The van der Waals surface area contributed by atoms with Crippen molar-refractivity contribution in [2.75, 3.05) is 6.67 Å². The second kappa shape index (κ2) is 4.17. The van der Waals surface area contributed by atoms with Crippen molar-refractivity contribution < 1.29 is 4.39 Å². The van der Waals surface area contributed by atoms with Crippen molar-refractivity contribution in [3.63, 3.8) is 0 Å². The third kappa shape index (κ3) is 1.78. The van der Waals surface area contributed by atoms with Crippen molar-refractivity contribution in [1.29, 1.82) is 0 Å². The number of aromatic amines is 1. The van der Waals surface area contributed by atoms with Crippen molar-refractivity contribution in [3.05, 3.63) is 42.2 Å². The summed E-state index contributed by atoms with van der Waals surface area (Å²) in [5.74, 6) is 0. The van der Waals surface area contributed by atoms with Gasteiger partial charge in [-0.25, -0.2) is 0 Å². The van der Waals surface area contributed by atoms with Crippen LogP contribution in [0.15, 0.2) is 36.7 Å². The minimum absolute atomic E-state index is 0.255. The summed E-state index contributed by atoms with van der Waals surface area (Å²) in [6.45, 7) is -0.255. The Labute approximate surface area is 98.5 Å². The van der Waals surface area contributed by atoms with E-state index in [-0.39, 0.29) is 6.67 Å². The number of aromatic nitrogens is 2. The van der Waals surface area contributed by atoms with Gasteiger partial charge in [0.1, 0.15) is 0 Å². The van der Waals surface area contributed by atoms with Gasteiger partial charge in [0.25, 0.3) is 0 Å². The van der Waals surface area contributed by atoms with E-state index in [0.29, 0.717) is 6.42 Å². The van der Waals surface area contributed by atoms with E-state index in [1.165, 1.54) is 10.9 Å². The van der Waals surface area contributed by atoms with Gasteiger partial charge < -0.3 is 4.98 Å². The molecule has 0 aliphatic rings. The van der Waals surface area contributed by atoms with Gasteiger partial charge in [-0.15, -0.1) is 0 Å². The number of rotatable bonds is 3. The molecular formula is C14H13FN2. The Morgan fingerprint density at radius 2 is 2.06 bits per heavy atom. The first-order chi connectivity index (χ1) is 8.38. The van der Waals surface area contributed by atoms with E-state index >= 15 is 0 Å². The van der Waals surface area contributed by atoms with Gasteiger partial charge in [0.05, 0.1) is 6.67 Å². The number of alkyl halides is 1. The molecule has 0 amide bonds. The fourth-order valence-corrected chi connectivity index (χ4v) is 2.22. The van der Waals surface area contributed by atoms with Crippen LogP contribution >= 0.6 is 0 Å². The van der Waals surface area contributed by atoms with Crippen molar-refractivity contribution in [3.8, 4) is 0 Å². The van der Waals surface area contributed by atoms with Crippen LogP contribution in [0, 0.1) is 0 Å². The molecule has 0 aliphatic carbocycles. The lowest BCUT2D eigenvalue weighted by Crippen LogP contribution is -1.86. The molecule has 0 fully saturated rings. The van der Waals surface area contributed by atoms with Crippen LogP contribution in [0.25, 0.3) is 21.8 Å².